The number of morpholine rings is 1. The van der Waals surface area contributed by atoms with Crippen LogP contribution in [0.2, 0.25) is 10.2 Å². The van der Waals surface area contributed by atoms with Crippen LogP contribution in [0.25, 0.3) is 21.9 Å². The second-order valence-corrected chi connectivity index (χ2v) is 5.73. The Kier molecular flexibility index (Phi) is 4.90. The summed E-state index contributed by atoms with van der Waals surface area (Å²) >= 11 is 12.7. The maximum Gasteiger partial charge on any atom is 0.143 e. The topological polar surface area (TPSA) is 54.0 Å². The Bertz CT molecular complexity index is 828. The molecule has 1 aliphatic heterocycles. The first-order chi connectivity index (χ1) is 11.2. The highest BCUT2D eigenvalue weighted by Crippen LogP contribution is 2.36. The van der Waals surface area contributed by atoms with Crippen molar-refractivity contribution in [1.29, 1.82) is 0 Å². The number of aromatic nitrogens is 3. The van der Waals surface area contributed by atoms with E-state index in [0.717, 1.165) is 40.7 Å². The van der Waals surface area contributed by atoms with Crippen molar-refractivity contribution in [2.24, 2.45) is 0 Å². The van der Waals surface area contributed by atoms with Gasteiger partial charge < -0.3 is 14.6 Å². The third-order valence-corrected chi connectivity index (χ3v) is 4.35. The minimum atomic E-state index is 0.446. The Balaban J connectivity index is 0.000000753. The molecule has 122 valence electrons. The first kappa shape index (κ1) is 16.3. The number of rotatable bonds is 1. The maximum atomic E-state index is 6.43. The van der Waals surface area contributed by atoms with Gasteiger partial charge in [0.15, 0.2) is 0 Å². The van der Waals surface area contributed by atoms with Crippen molar-refractivity contribution in [2.75, 3.05) is 31.2 Å². The molecule has 0 radical (unpaired) electrons. The lowest BCUT2D eigenvalue weighted by Crippen LogP contribution is -2.36. The van der Waals surface area contributed by atoms with Gasteiger partial charge >= 0.3 is 0 Å². The summed E-state index contributed by atoms with van der Waals surface area (Å²) in [7, 11) is 0. The van der Waals surface area contributed by atoms with E-state index in [1.807, 2.05) is 19.9 Å². The second-order valence-electron chi connectivity index (χ2n) is 4.96. The normalized spacial score (nSPS) is 14.9. The predicted molar refractivity (Wildman–Crippen MR) is 95.8 cm³/mol. The van der Waals surface area contributed by atoms with E-state index in [-0.39, 0.29) is 0 Å². The van der Waals surface area contributed by atoms with E-state index in [0.29, 0.717) is 23.4 Å². The highest BCUT2D eigenvalue weighted by Gasteiger charge is 2.18. The lowest BCUT2D eigenvalue weighted by molar-refractivity contribution is 0.122. The van der Waals surface area contributed by atoms with Gasteiger partial charge in [-0.1, -0.05) is 37.0 Å². The zero-order valence-electron chi connectivity index (χ0n) is 13.1. The quantitative estimate of drug-likeness (QED) is 0.664. The molecule has 0 aliphatic carbocycles. The SMILES string of the molecule is CC.Clc1cc2[nH]c3ncnc(Cl)c3c2cc1N1CCOCC1. The van der Waals surface area contributed by atoms with E-state index in [4.69, 9.17) is 27.9 Å². The average Bonchev–Trinajstić information content (AvgIpc) is 2.95. The number of nitrogens with zero attached hydrogens (tertiary/aromatic N) is 3. The minimum Gasteiger partial charge on any atom is -0.378 e. The number of halogens is 2. The smallest absolute Gasteiger partial charge is 0.143 e. The van der Waals surface area contributed by atoms with Crippen molar-refractivity contribution < 1.29 is 4.74 Å². The molecule has 5 nitrogen and oxygen atoms in total. The molecule has 7 heteroatoms. The Hall–Kier alpha value is -1.56. The summed E-state index contributed by atoms with van der Waals surface area (Å²) in [5.41, 5.74) is 2.63. The van der Waals surface area contributed by atoms with Crippen LogP contribution >= 0.6 is 23.2 Å². The van der Waals surface area contributed by atoms with Crippen LogP contribution in [-0.4, -0.2) is 41.3 Å². The van der Waals surface area contributed by atoms with Crippen LogP contribution in [0.4, 0.5) is 5.69 Å². The molecule has 3 heterocycles. The number of aromatic amines is 1. The molecule has 0 saturated carbocycles. The van der Waals surface area contributed by atoms with Crippen LogP contribution in [0.3, 0.4) is 0 Å². The van der Waals surface area contributed by atoms with E-state index in [1.54, 1.807) is 0 Å². The first-order valence-corrected chi connectivity index (χ1v) is 8.44. The summed E-state index contributed by atoms with van der Waals surface area (Å²) in [6.07, 6.45) is 1.45. The van der Waals surface area contributed by atoms with Gasteiger partial charge in [0.25, 0.3) is 0 Å². The minimum absolute atomic E-state index is 0.446. The maximum absolute atomic E-state index is 6.43. The van der Waals surface area contributed by atoms with Crippen molar-refractivity contribution in [3.8, 4) is 0 Å². The molecular formula is C16H18Cl2N4O. The predicted octanol–water partition coefficient (Wildman–Crippen LogP) is 4.28. The molecule has 1 N–H and O–H groups in total. The summed E-state index contributed by atoms with van der Waals surface area (Å²) < 4.78 is 5.39. The van der Waals surface area contributed by atoms with Crippen molar-refractivity contribution in [2.45, 2.75) is 13.8 Å². The molecule has 1 saturated heterocycles. The third-order valence-electron chi connectivity index (χ3n) is 3.76. The number of hydrogen-bond acceptors (Lipinski definition) is 4. The van der Waals surface area contributed by atoms with E-state index in [2.05, 4.69) is 25.9 Å². The summed E-state index contributed by atoms with van der Waals surface area (Å²) in [5.74, 6) is 0. The van der Waals surface area contributed by atoms with Gasteiger partial charge in [-0.25, -0.2) is 9.97 Å². The fourth-order valence-corrected chi connectivity index (χ4v) is 3.26. The van der Waals surface area contributed by atoms with Crippen LogP contribution in [-0.2, 0) is 4.74 Å². The van der Waals surface area contributed by atoms with Gasteiger partial charge in [0.1, 0.15) is 17.1 Å². The van der Waals surface area contributed by atoms with Crippen LogP contribution in [0.15, 0.2) is 18.5 Å². The Morgan fingerprint density at radius 3 is 2.61 bits per heavy atom. The lowest BCUT2D eigenvalue weighted by atomic mass is 10.1. The molecule has 3 aromatic rings. The lowest BCUT2D eigenvalue weighted by Gasteiger charge is -2.29. The summed E-state index contributed by atoms with van der Waals surface area (Å²) in [6.45, 7) is 7.09. The van der Waals surface area contributed by atoms with Crippen molar-refractivity contribution in [3.63, 3.8) is 0 Å². The van der Waals surface area contributed by atoms with Crippen molar-refractivity contribution >= 4 is 50.8 Å². The summed E-state index contributed by atoms with van der Waals surface area (Å²) in [4.78, 5) is 13.7. The van der Waals surface area contributed by atoms with Crippen molar-refractivity contribution in [1.82, 2.24) is 15.0 Å². The van der Waals surface area contributed by atoms with Gasteiger partial charge in [-0.2, -0.15) is 0 Å². The number of nitrogens with one attached hydrogen (secondary N) is 1. The number of benzene rings is 1. The molecule has 4 rings (SSSR count). The number of ether oxygens (including phenoxy) is 1. The molecule has 0 unspecified atom stereocenters. The zero-order chi connectivity index (χ0) is 16.4. The summed E-state index contributed by atoms with van der Waals surface area (Å²) in [6, 6.07) is 3.97. The van der Waals surface area contributed by atoms with Crippen LogP contribution in [0.1, 0.15) is 13.8 Å². The molecule has 0 bridgehead atoms. The Labute approximate surface area is 144 Å². The van der Waals surface area contributed by atoms with E-state index in [1.165, 1.54) is 6.33 Å². The zero-order valence-corrected chi connectivity index (χ0v) is 14.6. The van der Waals surface area contributed by atoms with Gasteiger partial charge in [-0.3, -0.25) is 0 Å². The van der Waals surface area contributed by atoms with Crippen LogP contribution in [0.5, 0.6) is 0 Å². The van der Waals surface area contributed by atoms with Crippen LogP contribution < -0.4 is 4.90 Å². The van der Waals surface area contributed by atoms with Crippen LogP contribution in [0, 0.1) is 0 Å². The largest absolute Gasteiger partial charge is 0.378 e. The molecule has 0 spiro atoms. The molecule has 23 heavy (non-hydrogen) atoms. The molecule has 1 fully saturated rings. The van der Waals surface area contributed by atoms with Gasteiger partial charge in [0.2, 0.25) is 0 Å². The molecule has 0 atom stereocenters. The molecule has 0 amide bonds. The monoisotopic (exact) mass is 352 g/mol. The first-order valence-electron chi connectivity index (χ1n) is 7.68. The van der Waals surface area contributed by atoms with Gasteiger partial charge in [0.05, 0.1) is 29.3 Å². The number of fused-ring (bicyclic) bond motifs is 3. The van der Waals surface area contributed by atoms with Gasteiger partial charge in [-0.15, -0.1) is 0 Å². The fraction of sp³-hybridized carbons (Fsp3) is 0.375. The second kappa shape index (κ2) is 6.91. The molecule has 2 aromatic heterocycles. The molecule has 1 aromatic carbocycles. The fourth-order valence-electron chi connectivity index (χ4n) is 2.74. The standard InChI is InChI=1S/C14H12Cl2N4O.C2H6/c15-9-6-10-8(5-11(9)20-1-3-21-4-2-20)12-13(16)17-7-18-14(12)19-10;1-2/h5-7H,1-4H2,(H,17,18,19);1-2H3. The molecule has 1 aliphatic rings. The number of H-pyrrole nitrogens is 1. The van der Waals surface area contributed by atoms with Crippen molar-refractivity contribution in [3.05, 3.63) is 28.6 Å². The molecular weight excluding hydrogens is 335 g/mol. The van der Waals surface area contributed by atoms with Gasteiger partial charge in [0, 0.05) is 24.0 Å². The van der Waals surface area contributed by atoms with E-state index < -0.39 is 0 Å². The van der Waals surface area contributed by atoms with Gasteiger partial charge in [-0.05, 0) is 12.1 Å². The third kappa shape index (κ3) is 2.96. The number of anilines is 1. The summed E-state index contributed by atoms with van der Waals surface area (Å²) in [5, 5.41) is 2.98. The Morgan fingerprint density at radius 2 is 1.87 bits per heavy atom. The van der Waals surface area contributed by atoms with E-state index in [9.17, 15) is 0 Å². The highest BCUT2D eigenvalue weighted by molar-refractivity contribution is 6.37. The average molecular weight is 353 g/mol. The Morgan fingerprint density at radius 1 is 1.13 bits per heavy atom. The van der Waals surface area contributed by atoms with E-state index >= 15 is 0 Å². The number of hydrogen-bond donors (Lipinski definition) is 1. The highest BCUT2D eigenvalue weighted by atomic mass is 35.5.